The molecule has 0 aliphatic heterocycles. The highest BCUT2D eigenvalue weighted by atomic mass is 79.9. The second kappa shape index (κ2) is 8.32. The maximum atomic E-state index is 12.1. The van der Waals surface area contributed by atoms with Gasteiger partial charge in [0.25, 0.3) is 5.91 Å². The smallest absolute Gasteiger partial charge is 0.273 e. The molecular weight excluding hydrogens is 462 g/mol. The summed E-state index contributed by atoms with van der Waals surface area (Å²) in [7, 11) is 1.58. The Balaban J connectivity index is 1.94. The molecule has 0 aromatic heterocycles. The van der Waals surface area contributed by atoms with Gasteiger partial charge in [0.05, 0.1) is 17.1 Å². The number of hydrogen-bond donors (Lipinski definition) is 4. The van der Waals surface area contributed by atoms with Crippen LogP contribution < -0.4 is 20.9 Å². The molecule has 0 bridgehead atoms. The molecule has 0 aliphatic carbocycles. The van der Waals surface area contributed by atoms with Gasteiger partial charge in [0.2, 0.25) is 0 Å². The molecule has 0 fully saturated rings. The number of phenols is 1. The van der Waals surface area contributed by atoms with Gasteiger partial charge >= 0.3 is 0 Å². The number of halogens is 2. The normalized spacial score (nSPS) is 9.96. The fraction of sp³-hybridized carbons (Fsp3) is 0.0667. The van der Waals surface area contributed by atoms with Crippen molar-refractivity contribution >= 4 is 60.8 Å². The van der Waals surface area contributed by atoms with Crippen LogP contribution in [0.2, 0.25) is 0 Å². The molecule has 6 nitrogen and oxygen atoms in total. The van der Waals surface area contributed by atoms with Crippen molar-refractivity contribution in [3.05, 3.63) is 50.9 Å². The molecule has 2 aromatic carbocycles. The molecule has 0 radical (unpaired) electrons. The molecule has 0 aliphatic rings. The lowest BCUT2D eigenvalue weighted by Crippen LogP contribution is -2.43. The van der Waals surface area contributed by atoms with Gasteiger partial charge in [0, 0.05) is 10.2 Å². The van der Waals surface area contributed by atoms with Crippen LogP contribution in [0.5, 0.6) is 11.5 Å². The van der Waals surface area contributed by atoms with E-state index in [0.29, 0.717) is 8.95 Å². The van der Waals surface area contributed by atoms with E-state index in [4.69, 9.17) is 17.0 Å². The third-order valence-corrected chi connectivity index (χ3v) is 4.18. The maximum Gasteiger partial charge on any atom is 0.273 e. The monoisotopic (exact) mass is 473 g/mol. The van der Waals surface area contributed by atoms with E-state index < -0.39 is 5.91 Å². The van der Waals surface area contributed by atoms with E-state index in [1.807, 2.05) is 0 Å². The first-order valence-electron chi connectivity index (χ1n) is 6.60. The summed E-state index contributed by atoms with van der Waals surface area (Å²) in [5.41, 5.74) is 5.82. The van der Waals surface area contributed by atoms with Crippen molar-refractivity contribution < 1.29 is 14.6 Å². The Labute approximate surface area is 160 Å². The lowest BCUT2D eigenvalue weighted by molar-refractivity contribution is 0.0941. The fourth-order valence-corrected chi connectivity index (χ4v) is 3.15. The van der Waals surface area contributed by atoms with Crippen molar-refractivity contribution in [3.8, 4) is 11.5 Å². The van der Waals surface area contributed by atoms with Crippen molar-refractivity contribution in [3.63, 3.8) is 0 Å². The fourth-order valence-electron chi connectivity index (χ4n) is 1.76. The van der Waals surface area contributed by atoms with E-state index in [1.54, 1.807) is 37.4 Å². The molecule has 2 aromatic rings. The predicted octanol–water partition coefficient (Wildman–Crippen LogP) is 3.56. The van der Waals surface area contributed by atoms with Gasteiger partial charge in [-0.1, -0.05) is 15.9 Å². The lowest BCUT2D eigenvalue weighted by atomic mass is 10.2. The zero-order chi connectivity index (χ0) is 17.7. The number of carbonyl (C=O) groups is 1. The van der Waals surface area contributed by atoms with E-state index in [-0.39, 0.29) is 16.4 Å². The molecule has 0 heterocycles. The molecule has 0 saturated heterocycles. The summed E-state index contributed by atoms with van der Waals surface area (Å²) in [6.45, 7) is 0. The number of amides is 1. The van der Waals surface area contributed by atoms with Crippen molar-refractivity contribution in [2.75, 3.05) is 12.4 Å². The number of hydrogen-bond acceptors (Lipinski definition) is 4. The number of hydrazine groups is 1. The molecule has 24 heavy (non-hydrogen) atoms. The molecular formula is C15H13Br2N3O3S. The lowest BCUT2D eigenvalue weighted by Gasteiger charge is -2.13. The molecule has 0 saturated carbocycles. The Morgan fingerprint density at radius 2 is 1.83 bits per heavy atom. The van der Waals surface area contributed by atoms with Crippen LogP contribution in [0.3, 0.4) is 0 Å². The van der Waals surface area contributed by atoms with Crippen LogP contribution in [0.4, 0.5) is 5.69 Å². The number of phenolic OH excluding ortho intramolecular Hbond substituents is 1. The predicted molar refractivity (Wildman–Crippen MR) is 103 cm³/mol. The quantitative estimate of drug-likeness (QED) is 0.402. The number of carbonyl (C=O) groups excluding carboxylic acids is 1. The minimum absolute atomic E-state index is 0.0935. The van der Waals surface area contributed by atoms with Gasteiger partial charge in [-0.25, -0.2) is 0 Å². The summed E-state index contributed by atoms with van der Waals surface area (Å²) in [5.74, 6) is 0.0309. The first-order chi connectivity index (χ1) is 11.4. The van der Waals surface area contributed by atoms with Crippen LogP contribution in [0, 0.1) is 0 Å². The molecule has 126 valence electrons. The summed E-state index contributed by atoms with van der Waals surface area (Å²) in [4.78, 5) is 12.1. The van der Waals surface area contributed by atoms with Gasteiger partial charge in [-0.15, -0.1) is 0 Å². The summed E-state index contributed by atoms with van der Waals surface area (Å²) in [6.07, 6.45) is 0. The molecule has 0 unspecified atom stereocenters. The first kappa shape index (κ1) is 18.5. The highest BCUT2D eigenvalue weighted by molar-refractivity contribution is 9.11. The Bertz CT molecular complexity index is 769. The van der Waals surface area contributed by atoms with Gasteiger partial charge in [-0.2, -0.15) is 0 Å². The van der Waals surface area contributed by atoms with Crippen molar-refractivity contribution in [2.45, 2.75) is 0 Å². The Morgan fingerprint density at radius 1 is 1.17 bits per heavy atom. The van der Waals surface area contributed by atoms with Crippen LogP contribution in [0.1, 0.15) is 10.4 Å². The van der Waals surface area contributed by atoms with Gasteiger partial charge in [0.1, 0.15) is 11.5 Å². The SMILES string of the molecule is COc1ccc(NC(=S)NNC(=O)c2cc(Br)cc(Br)c2O)cc1. The van der Waals surface area contributed by atoms with E-state index in [0.717, 1.165) is 11.4 Å². The highest BCUT2D eigenvalue weighted by Gasteiger charge is 2.15. The van der Waals surface area contributed by atoms with E-state index >= 15 is 0 Å². The zero-order valence-electron chi connectivity index (χ0n) is 12.4. The Hall–Kier alpha value is -1.84. The number of nitrogens with one attached hydrogen (secondary N) is 3. The topological polar surface area (TPSA) is 82.6 Å². The van der Waals surface area contributed by atoms with E-state index in [1.165, 1.54) is 6.07 Å². The van der Waals surface area contributed by atoms with Gasteiger partial charge in [-0.05, 0) is 64.5 Å². The third kappa shape index (κ3) is 4.83. The largest absolute Gasteiger partial charge is 0.506 e. The molecule has 4 N–H and O–H groups in total. The van der Waals surface area contributed by atoms with Crippen LogP contribution in [-0.4, -0.2) is 23.2 Å². The average Bonchev–Trinajstić information content (AvgIpc) is 2.56. The van der Waals surface area contributed by atoms with Crippen LogP contribution >= 0.6 is 44.1 Å². The summed E-state index contributed by atoms with van der Waals surface area (Å²) in [5, 5.41) is 13.0. The summed E-state index contributed by atoms with van der Waals surface area (Å²) < 4.78 is 6.12. The second-order valence-electron chi connectivity index (χ2n) is 4.55. The average molecular weight is 475 g/mol. The molecule has 9 heteroatoms. The van der Waals surface area contributed by atoms with Gasteiger partial charge in [0.15, 0.2) is 5.11 Å². The number of methoxy groups -OCH3 is 1. The van der Waals surface area contributed by atoms with Gasteiger partial charge in [-0.3, -0.25) is 15.6 Å². The number of rotatable bonds is 3. The number of benzene rings is 2. The van der Waals surface area contributed by atoms with E-state index in [2.05, 4.69) is 48.0 Å². The molecule has 2 rings (SSSR count). The van der Waals surface area contributed by atoms with Crippen molar-refractivity contribution in [2.24, 2.45) is 0 Å². The molecule has 1 amide bonds. The van der Waals surface area contributed by atoms with Crippen LogP contribution in [0.15, 0.2) is 45.3 Å². The van der Waals surface area contributed by atoms with E-state index in [9.17, 15) is 9.90 Å². The second-order valence-corrected chi connectivity index (χ2v) is 6.72. The minimum Gasteiger partial charge on any atom is -0.506 e. The Kier molecular flexibility index (Phi) is 6.41. The standard InChI is InChI=1S/C15H13Br2N3O3S/c1-23-10-4-2-9(3-5-10)18-15(24)20-19-14(22)11-6-8(16)7-12(17)13(11)21/h2-7,21H,1H3,(H,19,22)(H2,18,20,24). The maximum absolute atomic E-state index is 12.1. The van der Waals surface area contributed by atoms with Crippen molar-refractivity contribution in [1.29, 1.82) is 0 Å². The Morgan fingerprint density at radius 3 is 2.46 bits per heavy atom. The highest BCUT2D eigenvalue weighted by Crippen LogP contribution is 2.31. The summed E-state index contributed by atoms with van der Waals surface area (Å²) in [6, 6.07) is 10.3. The van der Waals surface area contributed by atoms with Gasteiger partial charge < -0.3 is 15.2 Å². The zero-order valence-corrected chi connectivity index (χ0v) is 16.4. The molecule has 0 atom stereocenters. The summed E-state index contributed by atoms with van der Waals surface area (Å²) >= 11 is 11.5. The van der Waals surface area contributed by atoms with Crippen molar-refractivity contribution in [1.82, 2.24) is 10.9 Å². The molecule has 0 spiro atoms. The third-order valence-electron chi connectivity index (χ3n) is 2.91. The number of thiocarbonyl (C=S) groups is 1. The van der Waals surface area contributed by atoms with Crippen LogP contribution in [-0.2, 0) is 0 Å². The minimum atomic E-state index is -0.534. The number of ether oxygens (including phenoxy) is 1. The number of anilines is 1. The van der Waals surface area contributed by atoms with Crippen LogP contribution in [0.25, 0.3) is 0 Å². The number of aromatic hydroxyl groups is 1. The first-order valence-corrected chi connectivity index (χ1v) is 8.59.